The number of rotatable bonds is 8. The molecule has 3 aromatic rings. The number of benzene rings is 3. The van der Waals surface area contributed by atoms with Crippen LogP contribution in [0.5, 0.6) is 5.75 Å². The molecular weight excluding hydrogens is 462 g/mol. The standard InChI is InChI=1S/C27H31N3O4S/c1-21-9-15-26(16-10-21)35(32,33)30(24-7-6-8-25(19-24)34-2)20-27(31)28-22-11-13-23(14-12-22)29-17-4-3-5-18-29/h6-16,19H,3-5,17-18,20H2,1-2H3,(H,28,31). The molecule has 1 aliphatic rings. The predicted molar refractivity (Wildman–Crippen MR) is 140 cm³/mol. The third-order valence-corrected chi connectivity index (χ3v) is 7.90. The molecule has 7 nitrogen and oxygen atoms in total. The minimum atomic E-state index is -3.99. The summed E-state index contributed by atoms with van der Waals surface area (Å²) in [6.45, 7) is 3.59. The van der Waals surface area contributed by atoms with Crippen molar-refractivity contribution in [2.24, 2.45) is 0 Å². The lowest BCUT2D eigenvalue weighted by atomic mass is 10.1. The largest absolute Gasteiger partial charge is 0.497 e. The molecule has 1 N–H and O–H groups in total. The van der Waals surface area contributed by atoms with Crippen molar-refractivity contribution in [3.63, 3.8) is 0 Å². The molecule has 0 spiro atoms. The van der Waals surface area contributed by atoms with E-state index in [9.17, 15) is 13.2 Å². The van der Waals surface area contributed by atoms with Gasteiger partial charge in [0.1, 0.15) is 12.3 Å². The Hall–Kier alpha value is -3.52. The van der Waals surface area contributed by atoms with Crippen LogP contribution in [0, 0.1) is 6.92 Å². The normalized spacial score (nSPS) is 13.8. The third-order valence-electron chi connectivity index (χ3n) is 6.11. The Labute approximate surface area is 207 Å². The fourth-order valence-electron chi connectivity index (χ4n) is 4.16. The molecule has 8 heteroatoms. The molecule has 3 aromatic carbocycles. The number of carbonyl (C=O) groups is 1. The highest BCUT2D eigenvalue weighted by Crippen LogP contribution is 2.28. The summed E-state index contributed by atoms with van der Waals surface area (Å²) in [5, 5.41) is 2.84. The molecule has 0 unspecified atom stereocenters. The summed E-state index contributed by atoms with van der Waals surface area (Å²) in [6, 6.07) is 20.9. The van der Waals surface area contributed by atoms with E-state index in [0.717, 1.165) is 28.6 Å². The number of sulfonamides is 1. The summed E-state index contributed by atoms with van der Waals surface area (Å²) in [7, 11) is -2.48. The van der Waals surface area contributed by atoms with Gasteiger partial charge in [-0.05, 0) is 74.7 Å². The number of nitrogens with one attached hydrogen (secondary N) is 1. The van der Waals surface area contributed by atoms with Gasteiger partial charge in [-0.15, -0.1) is 0 Å². The summed E-state index contributed by atoms with van der Waals surface area (Å²) < 4.78 is 33.5. The molecule has 1 aliphatic heterocycles. The van der Waals surface area contributed by atoms with Gasteiger partial charge in [-0.1, -0.05) is 23.8 Å². The summed E-state index contributed by atoms with van der Waals surface area (Å²) >= 11 is 0. The molecule has 0 aromatic heterocycles. The van der Waals surface area contributed by atoms with Crippen LogP contribution >= 0.6 is 0 Å². The molecular formula is C27H31N3O4S. The summed E-state index contributed by atoms with van der Waals surface area (Å²) in [5.41, 5.74) is 3.04. The fourth-order valence-corrected chi connectivity index (χ4v) is 5.57. The lowest BCUT2D eigenvalue weighted by Gasteiger charge is -2.29. The molecule has 4 rings (SSSR count). The van der Waals surface area contributed by atoms with Crippen LogP contribution in [0.1, 0.15) is 24.8 Å². The van der Waals surface area contributed by atoms with Crippen LogP contribution < -0.4 is 19.3 Å². The first-order valence-electron chi connectivity index (χ1n) is 11.8. The van der Waals surface area contributed by atoms with Gasteiger partial charge in [-0.25, -0.2) is 8.42 Å². The lowest BCUT2D eigenvalue weighted by Crippen LogP contribution is -2.38. The van der Waals surface area contributed by atoms with Crippen LogP contribution in [-0.2, 0) is 14.8 Å². The zero-order valence-electron chi connectivity index (χ0n) is 20.1. The van der Waals surface area contributed by atoms with E-state index in [2.05, 4.69) is 10.2 Å². The van der Waals surface area contributed by atoms with Crippen LogP contribution in [0.15, 0.2) is 77.7 Å². The van der Waals surface area contributed by atoms with Crippen molar-refractivity contribution in [1.82, 2.24) is 0 Å². The number of hydrogen-bond acceptors (Lipinski definition) is 5. The second kappa shape index (κ2) is 10.8. The number of methoxy groups -OCH3 is 1. The first-order chi connectivity index (χ1) is 16.9. The van der Waals surface area contributed by atoms with Gasteiger partial charge in [-0.2, -0.15) is 0 Å². The monoisotopic (exact) mass is 493 g/mol. The van der Waals surface area contributed by atoms with Crippen molar-refractivity contribution in [2.75, 3.05) is 41.3 Å². The third kappa shape index (κ3) is 5.95. The average molecular weight is 494 g/mol. The maximum Gasteiger partial charge on any atom is 0.264 e. The Kier molecular flexibility index (Phi) is 7.60. The quantitative estimate of drug-likeness (QED) is 0.486. The van der Waals surface area contributed by atoms with E-state index in [1.807, 2.05) is 31.2 Å². The van der Waals surface area contributed by atoms with Gasteiger partial charge in [0.15, 0.2) is 0 Å². The number of nitrogens with zero attached hydrogens (tertiary/aromatic N) is 2. The molecule has 1 fully saturated rings. The van der Waals surface area contributed by atoms with E-state index in [1.54, 1.807) is 48.5 Å². The number of aryl methyl sites for hydroxylation is 1. The molecule has 0 aliphatic carbocycles. The number of piperidine rings is 1. The Morgan fingerprint density at radius 1 is 0.971 bits per heavy atom. The number of ether oxygens (including phenoxy) is 1. The Morgan fingerprint density at radius 2 is 1.66 bits per heavy atom. The zero-order valence-corrected chi connectivity index (χ0v) is 20.9. The Morgan fingerprint density at radius 3 is 2.31 bits per heavy atom. The molecule has 184 valence electrons. The van der Waals surface area contributed by atoms with Crippen LogP contribution in [0.25, 0.3) is 0 Å². The van der Waals surface area contributed by atoms with Gasteiger partial charge >= 0.3 is 0 Å². The molecule has 1 amide bonds. The smallest absolute Gasteiger partial charge is 0.264 e. The predicted octanol–water partition coefficient (Wildman–Crippen LogP) is 4.83. The van der Waals surface area contributed by atoms with Crippen LogP contribution in [-0.4, -0.2) is 41.1 Å². The minimum absolute atomic E-state index is 0.115. The highest BCUT2D eigenvalue weighted by Gasteiger charge is 2.27. The number of anilines is 3. The maximum absolute atomic E-state index is 13.6. The highest BCUT2D eigenvalue weighted by molar-refractivity contribution is 7.92. The van der Waals surface area contributed by atoms with E-state index >= 15 is 0 Å². The van der Waals surface area contributed by atoms with E-state index in [0.29, 0.717) is 17.1 Å². The molecule has 1 heterocycles. The van der Waals surface area contributed by atoms with Crippen molar-refractivity contribution >= 4 is 33.0 Å². The second-order valence-electron chi connectivity index (χ2n) is 8.67. The summed E-state index contributed by atoms with van der Waals surface area (Å²) in [6.07, 6.45) is 3.64. The van der Waals surface area contributed by atoms with Crippen molar-refractivity contribution < 1.29 is 17.9 Å². The van der Waals surface area contributed by atoms with Crippen molar-refractivity contribution in [3.8, 4) is 5.75 Å². The van der Waals surface area contributed by atoms with E-state index in [-0.39, 0.29) is 11.4 Å². The average Bonchev–Trinajstić information content (AvgIpc) is 2.88. The topological polar surface area (TPSA) is 79.0 Å². The van der Waals surface area contributed by atoms with Crippen molar-refractivity contribution in [2.45, 2.75) is 31.1 Å². The van der Waals surface area contributed by atoms with Crippen LogP contribution in [0.3, 0.4) is 0 Å². The van der Waals surface area contributed by atoms with E-state index < -0.39 is 15.9 Å². The van der Waals surface area contributed by atoms with Gasteiger partial charge in [-0.3, -0.25) is 9.10 Å². The molecule has 1 saturated heterocycles. The van der Waals surface area contributed by atoms with Gasteiger partial charge in [0, 0.05) is 30.5 Å². The number of carbonyl (C=O) groups excluding carboxylic acids is 1. The Balaban J connectivity index is 1.55. The van der Waals surface area contributed by atoms with Gasteiger partial charge in [0.25, 0.3) is 10.0 Å². The summed E-state index contributed by atoms with van der Waals surface area (Å²) in [4.78, 5) is 15.5. The minimum Gasteiger partial charge on any atom is -0.497 e. The first-order valence-corrected chi connectivity index (χ1v) is 13.2. The van der Waals surface area contributed by atoms with E-state index in [4.69, 9.17) is 4.74 Å². The zero-order chi connectivity index (χ0) is 24.8. The second-order valence-corrected chi connectivity index (χ2v) is 10.5. The van der Waals surface area contributed by atoms with E-state index in [1.165, 1.54) is 26.4 Å². The van der Waals surface area contributed by atoms with Gasteiger partial charge in [0.2, 0.25) is 5.91 Å². The molecule has 35 heavy (non-hydrogen) atoms. The van der Waals surface area contributed by atoms with Crippen molar-refractivity contribution in [3.05, 3.63) is 78.4 Å². The molecule has 0 radical (unpaired) electrons. The van der Waals surface area contributed by atoms with Crippen LogP contribution in [0.2, 0.25) is 0 Å². The van der Waals surface area contributed by atoms with Crippen molar-refractivity contribution in [1.29, 1.82) is 0 Å². The summed E-state index contributed by atoms with van der Waals surface area (Å²) in [5.74, 6) is 0.0644. The maximum atomic E-state index is 13.6. The number of hydrogen-bond donors (Lipinski definition) is 1. The lowest BCUT2D eigenvalue weighted by molar-refractivity contribution is -0.114. The number of amides is 1. The van der Waals surface area contributed by atoms with Gasteiger partial charge < -0.3 is 15.0 Å². The highest BCUT2D eigenvalue weighted by atomic mass is 32.2. The van der Waals surface area contributed by atoms with Crippen LogP contribution in [0.4, 0.5) is 17.1 Å². The molecule has 0 saturated carbocycles. The first kappa shape index (κ1) is 24.6. The SMILES string of the molecule is COc1cccc(N(CC(=O)Nc2ccc(N3CCCCC3)cc2)S(=O)(=O)c2ccc(C)cc2)c1. The molecule has 0 bridgehead atoms. The van der Waals surface area contributed by atoms with Gasteiger partial charge in [0.05, 0.1) is 17.7 Å². The fraction of sp³-hybridized carbons (Fsp3) is 0.296. The molecule has 0 atom stereocenters. The Bertz CT molecular complexity index is 1250.